The van der Waals surface area contributed by atoms with Gasteiger partial charge in [0.05, 0.1) is 0 Å². The van der Waals surface area contributed by atoms with Crippen LogP contribution in [0.15, 0.2) is 66.7 Å². The molecule has 0 aliphatic carbocycles. The molecule has 0 radical (unpaired) electrons. The Kier molecular flexibility index (Phi) is 8.83. The zero-order chi connectivity index (χ0) is 25.4. The van der Waals surface area contributed by atoms with Crippen molar-refractivity contribution in [3.63, 3.8) is 0 Å². The molecule has 8 heteroatoms. The molecule has 3 rings (SSSR count). The molecule has 0 saturated carbocycles. The summed E-state index contributed by atoms with van der Waals surface area (Å²) in [6.07, 6.45) is -0.650. The van der Waals surface area contributed by atoms with Gasteiger partial charge in [-0.1, -0.05) is 18.2 Å². The summed E-state index contributed by atoms with van der Waals surface area (Å²) in [7, 11) is 5.58. The van der Waals surface area contributed by atoms with Crippen LogP contribution in [-0.2, 0) is 0 Å². The average Bonchev–Trinajstić information content (AvgIpc) is 2.85. The Morgan fingerprint density at radius 2 is 1.63 bits per heavy atom. The van der Waals surface area contributed by atoms with Gasteiger partial charge in [0.15, 0.2) is 0 Å². The molecule has 2 amide bonds. The van der Waals surface area contributed by atoms with Gasteiger partial charge in [0.1, 0.15) is 18.5 Å². The largest absolute Gasteiger partial charge is 0.491 e. The monoisotopic (exact) mass is 476 g/mol. The fourth-order valence-corrected chi connectivity index (χ4v) is 3.37. The summed E-state index contributed by atoms with van der Waals surface area (Å²) < 4.78 is 5.59. The van der Waals surface area contributed by atoms with Gasteiger partial charge in [0, 0.05) is 48.8 Å². The van der Waals surface area contributed by atoms with Gasteiger partial charge in [-0.2, -0.15) is 0 Å². The van der Waals surface area contributed by atoms with E-state index < -0.39 is 6.10 Å². The van der Waals surface area contributed by atoms with E-state index in [0.29, 0.717) is 34.8 Å². The minimum atomic E-state index is -0.650. The van der Waals surface area contributed by atoms with E-state index in [9.17, 15) is 14.7 Å². The van der Waals surface area contributed by atoms with E-state index >= 15 is 0 Å². The number of hydrogen-bond acceptors (Lipinski definition) is 6. The van der Waals surface area contributed by atoms with E-state index in [0.717, 1.165) is 11.3 Å². The summed E-state index contributed by atoms with van der Waals surface area (Å²) in [4.78, 5) is 27.6. The number of carbonyl (C=O) groups is 2. The van der Waals surface area contributed by atoms with Crippen LogP contribution in [0.5, 0.6) is 5.75 Å². The van der Waals surface area contributed by atoms with Crippen molar-refractivity contribution in [1.82, 2.24) is 5.32 Å². The molecule has 0 saturated heterocycles. The van der Waals surface area contributed by atoms with Crippen molar-refractivity contribution in [2.45, 2.75) is 13.0 Å². The molecule has 1 unspecified atom stereocenters. The van der Waals surface area contributed by atoms with Crippen molar-refractivity contribution in [2.75, 3.05) is 49.8 Å². The first-order valence-electron chi connectivity index (χ1n) is 11.3. The number of likely N-dealkylation sites (N-methyl/N-ethyl adjacent to an activating group) is 1. The SMILES string of the molecule is CNCC(O)COc1cccc(C(=O)Nc2cc(NC(=O)c3cccc(N(C)C)c3)ccc2C)c1. The topological polar surface area (TPSA) is 103 Å². The minimum absolute atomic E-state index is 0.115. The predicted molar refractivity (Wildman–Crippen MR) is 140 cm³/mol. The maximum atomic E-state index is 12.9. The lowest BCUT2D eigenvalue weighted by atomic mass is 10.1. The normalized spacial score (nSPS) is 11.5. The Hall–Kier alpha value is -3.88. The second-order valence-corrected chi connectivity index (χ2v) is 8.43. The van der Waals surface area contributed by atoms with Crippen LogP contribution in [0.3, 0.4) is 0 Å². The highest BCUT2D eigenvalue weighted by atomic mass is 16.5. The predicted octanol–water partition coefficient (Wildman–Crippen LogP) is 3.52. The van der Waals surface area contributed by atoms with Gasteiger partial charge in [-0.15, -0.1) is 0 Å². The smallest absolute Gasteiger partial charge is 0.255 e. The Balaban J connectivity index is 1.69. The van der Waals surface area contributed by atoms with Crippen LogP contribution in [-0.4, -0.2) is 57.3 Å². The number of carbonyl (C=O) groups excluding carboxylic acids is 2. The third kappa shape index (κ3) is 7.30. The molecule has 0 spiro atoms. The number of ether oxygens (including phenoxy) is 1. The molecule has 0 heterocycles. The maximum Gasteiger partial charge on any atom is 0.255 e. The fourth-order valence-electron chi connectivity index (χ4n) is 3.37. The number of benzene rings is 3. The van der Waals surface area contributed by atoms with E-state index in [1.54, 1.807) is 49.5 Å². The lowest BCUT2D eigenvalue weighted by Crippen LogP contribution is -2.29. The molecule has 0 fully saturated rings. The zero-order valence-corrected chi connectivity index (χ0v) is 20.5. The number of aliphatic hydroxyl groups is 1. The summed E-state index contributed by atoms with van der Waals surface area (Å²) in [6.45, 7) is 2.40. The lowest BCUT2D eigenvalue weighted by molar-refractivity contribution is 0.101. The quantitative estimate of drug-likeness (QED) is 0.357. The number of nitrogens with zero attached hydrogens (tertiary/aromatic N) is 1. The van der Waals surface area contributed by atoms with Gasteiger partial charge in [-0.05, 0) is 68.1 Å². The summed E-state index contributed by atoms with van der Waals surface area (Å²) in [6, 6.07) is 19.5. The molecular weight excluding hydrogens is 444 g/mol. The molecule has 3 aromatic carbocycles. The second kappa shape index (κ2) is 12.0. The molecule has 4 N–H and O–H groups in total. The summed E-state index contributed by atoms with van der Waals surface area (Å²) in [5.41, 5.74) is 3.90. The Morgan fingerprint density at radius 3 is 2.34 bits per heavy atom. The maximum absolute atomic E-state index is 12.9. The van der Waals surface area contributed by atoms with E-state index in [1.807, 2.05) is 50.2 Å². The molecule has 8 nitrogen and oxygen atoms in total. The highest BCUT2D eigenvalue weighted by molar-refractivity contribution is 6.07. The van der Waals surface area contributed by atoms with Crippen molar-refractivity contribution in [2.24, 2.45) is 0 Å². The van der Waals surface area contributed by atoms with Crippen molar-refractivity contribution in [1.29, 1.82) is 0 Å². The molecule has 1 atom stereocenters. The Bertz CT molecular complexity index is 1180. The van der Waals surface area contributed by atoms with E-state index in [2.05, 4.69) is 16.0 Å². The van der Waals surface area contributed by atoms with Crippen LogP contribution in [0.2, 0.25) is 0 Å². The molecular formula is C27H32N4O4. The second-order valence-electron chi connectivity index (χ2n) is 8.43. The van der Waals surface area contributed by atoms with Crippen molar-refractivity contribution in [3.05, 3.63) is 83.4 Å². The van der Waals surface area contributed by atoms with Crippen LogP contribution in [0, 0.1) is 6.92 Å². The molecule has 35 heavy (non-hydrogen) atoms. The summed E-state index contributed by atoms with van der Waals surface area (Å²) >= 11 is 0. The third-order valence-electron chi connectivity index (χ3n) is 5.35. The summed E-state index contributed by atoms with van der Waals surface area (Å²) in [5, 5.41) is 18.5. The van der Waals surface area contributed by atoms with E-state index in [1.165, 1.54) is 0 Å². The number of nitrogens with one attached hydrogen (secondary N) is 3. The van der Waals surface area contributed by atoms with Gasteiger partial charge < -0.3 is 30.7 Å². The molecule has 3 aromatic rings. The first kappa shape index (κ1) is 25.7. The van der Waals surface area contributed by atoms with Gasteiger partial charge in [0.2, 0.25) is 0 Å². The minimum Gasteiger partial charge on any atom is -0.491 e. The highest BCUT2D eigenvalue weighted by Gasteiger charge is 2.13. The molecule has 0 aliphatic rings. The van der Waals surface area contributed by atoms with Crippen LogP contribution in [0.25, 0.3) is 0 Å². The number of aryl methyl sites for hydroxylation is 1. The average molecular weight is 477 g/mol. The highest BCUT2D eigenvalue weighted by Crippen LogP contribution is 2.23. The van der Waals surface area contributed by atoms with Crippen molar-refractivity contribution < 1.29 is 19.4 Å². The Labute approximate surface area is 205 Å². The standard InChI is InChI=1S/C27H32N4O4/c1-18-11-12-21(29-26(33)19-7-5-9-22(13-19)31(3)4)15-25(18)30-27(34)20-8-6-10-24(14-20)35-17-23(32)16-28-2/h5-15,23,28,32H,16-17H2,1-4H3,(H,29,33)(H,30,34). The zero-order valence-electron chi connectivity index (χ0n) is 20.5. The third-order valence-corrected chi connectivity index (χ3v) is 5.35. The Morgan fingerprint density at radius 1 is 0.943 bits per heavy atom. The number of rotatable bonds is 10. The first-order valence-corrected chi connectivity index (χ1v) is 11.3. The van der Waals surface area contributed by atoms with Crippen LogP contribution in [0.1, 0.15) is 26.3 Å². The number of amides is 2. The molecule has 0 bridgehead atoms. The van der Waals surface area contributed by atoms with Gasteiger partial charge in [-0.25, -0.2) is 0 Å². The van der Waals surface area contributed by atoms with E-state index in [-0.39, 0.29) is 18.4 Å². The number of aliphatic hydroxyl groups excluding tert-OH is 1. The van der Waals surface area contributed by atoms with Crippen LogP contribution in [0.4, 0.5) is 17.1 Å². The number of anilines is 3. The van der Waals surface area contributed by atoms with Gasteiger partial charge in [0.25, 0.3) is 11.8 Å². The molecule has 184 valence electrons. The molecule has 0 aromatic heterocycles. The lowest BCUT2D eigenvalue weighted by Gasteiger charge is -2.15. The van der Waals surface area contributed by atoms with Crippen LogP contribution >= 0.6 is 0 Å². The fraction of sp³-hybridized carbons (Fsp3) is 0.259. The van der Waals surface area contributed by atoms with E-state index in [4.69, 9.17) is 4.74 Å². The van der Waals surface area contributed by atoms with Crippen molar-refractivity contribution in [3.8, 4) is 5.75 Å². The van der Waals surface area contributed by atoms with Crippen LogP contribution < -0.4 is 25.6 Å². The van der Waals surface area contributed by atoms with Gasteiger partial charge >= 0.3 is 0 Å². The summed E-state index contributed by atoms with van der Waals surface area (Å²) in [5.74, 6) is -0.0536. The first-order chi connectivity index (χ1) is 16.8. The number of hydrogen-bond donors (Lipinski definition) is 4. The van der Waals surface area contributed by atoms with Crippen molar-refractivity contribution >= 4 is 28.9 Å². The molecule has 0 aliphatic heterocycles. The van der Waals surface area contributed by atoms with Gasteiger partial charge in [-0.3, -0.25) is 9.59 Å².